The molecule has 1 heterocycles. The maximum Gasteiger partial charge on any atom is 0.416 e. The van der Waals surface area contributed by atoms with Crippen molar-refractivity contribution in [2.75, 3.05) is 18.5 Å². The molecule has 6 heteroatoms. The van der Waals surface area contributed by atoms with E-state index in [1.165, 1.54) is 0 Å². The van der Waals surface area contributed by atoms with E-state index in [0.717, 1.165) is 18.3 Å². The van der Waals surface area contributed by atoms with Crippen LogP contribution in [0, 0.1) is 5.41 Å². The predicted octanol–water partition coefficient (Wildman–Crippen LogP) is 2.53. The van der Waals surface area contributed by atoms with Crippen LogP contribution in [0.1, 0.15) is 19.4 Å². The summed E-state index contributed by atoms with van der Waals surface area (Å²) in [6.45, 7) is 3.89. The first-order chi connectivity index (χ1) is 7.74. The zero-order valence-corrected chi connectivity index (χ0v) is 9.67. The lowest BCUT2D eigenvalue weighted by atomic mass is 9.95. The van der Waals surface area contributed by atoms with Crippen molar-refractivity contribution >= 4 is 5.82 Å². The molecule has 0 spiro atoms. The van der Waals surface area contributed by atoms with Gasteiger partial charge in [-0.15, -0.1) is 0 Å². The number of halogens is 3. The minimum absolute atomic E-state index is 0.0566. The number of anilines is 1. The normalized spacial score (nSPS) is 12.6. The molecular formula is C11H15F3N2O. The fourth-order valence-electron chi connectivity index (χ4n) is 1.09. The van der Waals surface area contributed by atoms with Crippen molar-refractivity contribution in [3.05, 3.63) is 23.9 Å². The highest BCUT2D eigenvalue weighted by Crippen LogP contribution is 2.30. The van der Waals surface area contributed by atoms with Crippen LogP contribution in [0.15, 0.2) is 18.3 Å². The SMILES string of the molecule is CC(C)(CO)CNc1cc(C(F)(F)F)ccn1. The van der Waals surface area contributed by atoms with Crippen molar-refractivity contribution < 1.29 is 18.3 Å². The van der Waals surface area contributed by atoms with E-state index in [0.29, 0.717) is 6.54 Å². The Hall–Kier alpha value is -1.30. The van der Waals surface area contributed by atoms with Gasteiger partial charge < -0.3 is 10.4 Å². The average molecular weight is 248 g/mol. The minimum atomic E-state index is -4.37. The van der Waals surface area contributed by atoms with Crippen LogP contribution in [-0.4, -0.2) is 23.2 Å². The van der Waals surface area contributed by atoms with Crippen molar-refractivity contribution in [2.24, 2.45) is 5.41 Å². The molecule has 0 bridgehead atoms. The van der Waals surface area contributed by atoms with E-state index in [2.05, 4.69) is 10.3 Å². The van der Waals surface area contributed by atoms with Crippen LogP contribution in [0.25, 0.3) is 0 Å². The van der Waals surface area contributed by atoms with Crippen molar-refractivity contribution in [3.63, 3.8) is 0 Å². The monoisotopic (exact) mass is 248 g/mol. The van der Waals surface area contributed by atoms with E-state index in [9.17, 15) is 13.2 Å². The van der Waals surface area contributed by atoms with Gasteiger partial charge in [0.15, 0.2) is 0 Å². The van der Waals surface area contributed by atoms with Crippen LogP contribution in [0.5, 0.6) is 0 Å². The first-order valence-electron chi connectivity index (χ1n) is 5.12. The second-order valence-electron chi connectivity index (χ2n) is 4.60. The standard InChI is InChI=1S/C11H15F3N2O/c1-10(2,7-17)6-16-9-5-8(3-4-15-9)11(12,13)14/h3-5,17H,6-7H2,1-2H3,(H,15,16). The summed E-state index contributed by atoms with van der Waals surface area (Å²) in [5.74, 6) is 0.154. The summed E-state index contributed by atoms with van der Waals surface area (Å²) in [5, 5.41) is 11.8. The van der Waals surface area contributed by atoms with Gasteiger partial charge in [-0.3, -0.25) is 0 Å². The molecule has 0 fully saturated rings. The molecule has 0 aliphatic rings. The topological polar surface area (TPSA) is 45.1 Å². The van der Waals surface area contributed by atoms with Crippen LogP contribution in [-0.2, 0) is 6.18 Å². The largest absolute Gasteiger partial charge is 0.416 e. The Morgan fingerprint density at radius 1 is 1.35 bits per heavy atom. The number of hydrogen-bond donors (Lipinski definition) is 2. The second kappa shape index (κ2) is 4.91. The molecule has 0 aliphatic carbocycles. The number of hydrogen-bond acceptors (Lipinski definition) is 3. The Kier molecular flexibility index (Phi) is 3.98. The van der Waals surface area contributed by atoms with Gasteiger partial charge in [0.25, 0.3) is 0 Å². The van der Waals surface area contributed by atoms with Gasteiger partial charge in [0.1, 0.15) is 5.82 Å². The molecule has 0 aromatic carbocycles. The zero-order valence-electron chi connectivity index (χ0n) is 9.67. The lowest BCUT2D eigenvalue weighted by Gasteiger charge is -2.22. The summed E-state index contributed by atoms with van der Waals surface area (Å²) >= 11 is 0. The summed E-state index contributed by atoms with van der Waals surface area (Å²) in [5.41, 5.74) is -1.15. The molecule has 0 unspecified atom stereocenters. The highest BCUT2D eigenvalue weighted by molar-refractivity contribution is 5.38. The Morgan fingerprint density at radius 2 is 2.00 bits per heavy atom. The molecule has 3 nitrogen and oxygen atoms in total. The first kappa shape index (κ1) is 13.8. The summed E-state index contributed by atoms with van der Waals surface area (Å²) in [4.78, 5) is 3.80. The number of nitrogens with one attached hydrogen (secondary N) is 1. The molecule has 1 aromatic rings. The lowest BCUT2D eigenvalue weighted by Crippen LogP contribution is -2.27. The fourth-order valence-corrected chi connectivity index (χ4v) is 1.09. The lowest BCUT2D eigenvalue weighted by molar-refractivity contribution is -0.137. The maximum absolute atomic E-state index is 12.4. The van der Waals surface area contributed by atoms with Crippen LogP contribution < -0.4 is 5.32 Å². The molecule has 1 aromatic heterocycles. The van der Waals surface area contributed by atoms with E-state index in [4.69, 9.17) is 5.11 Å². The number of rotatable bonds is 4. The van der Waals surface area contributed by atoms with Crippen LogP contribution in [0.4, 0.5) is 19.0 Å². The number of nitrogens with zero attached hydrogens (tertiary/aromatic N) is 1. The quantitative estimate of drug-likeness (QED) is 0.860. The van der Waals surface area contributed by atoms with E-state index in [1.54, 1.807) is 13.8 Å². The molecular weight excluding hydrogens is 233 g/mol. The molecule has 0 amide bonds. The summed E-state index contributed by atoms with van der Waals surface area (Å²) in [6, 6.07) is 1.87. The number of pyridine rings is 1. The molecule has 0 saturated heterocycles. The van der Waals surface area contributed by atoms with Gasteiger partial charge in [-0.2, -0.15) is 13.2 Å². The molecule has 17 heavy (non-hydrogen) atoms. The molecule has 0 aliphatic heterocycles. The third-order valence-electron chi connectivity index (χ3n) is 2.26. The summed E-state index contributed by atoms with van der Waals surface area (Å²) in [7, 11) is 0. The molecule has 0 atom stereocenters. The van der Waals surface area contributed by atoms with Crippen molar-refractivity contribution in [1.82, 2.24) is 4.98 Å². The third kappa shape index (κ3) is 4.22. The highest BCUT2D eigenvalue weighted by atomic mass is 19.4. The smallest absolute Gasteiger partial charge is 0.396 e. The van der Waals surface area contributed by atoms with Crippen molar-refractivity contribution in [3.8, 4) is 0 Å². The molecule has 96 valence electrons. The van der Waals surface area contributed by atoms with Gasteiger partial charge >= 0.3 is 6.18 Å². The molecule has 1 rings (SSSR count). The van der Waals surface area contributed by atoms with Crippen LogP contribution in [0.3, 0.4) is 0 Å². The van der Waals surface area contributed by atoms with E-state index in [-0.39, 0.29) is 12.4 Å². The second-order valence-corrected chi connectivity index (χ2v) is 4.60. The van der Waals surface area contributed by atoms with E-state index >= 15 is 0 Å². The minimum Gasteiger partial charge on any atom is -0.396 e. The number of aliphatic hydroxyl groups is 1. The Balaban J connectivity index is 2.74. The Labute approximate surface area is 97.7 Å². The first-order valence-corrected chi connectivity index (χ1v) is 5.12. The van der Waals surface area contributed by atoms with E-state index < -0.39 is 17.2 Å². The maximum atomic E-state index is 12.4. The van der Waals surface area contributed by atoms with Crippen molar-refractivity contribution in [2.45, 2.75) is 20.0 Å². The van der Waals surface area contributed by atoms with Crippen molar-refractivity contribution in [1.29, 1.82) is 0 Å². The third-order valence-corrected chi connectivity index (χ3v) is 2.26. The Morgan fingerprint density at radius 3 is 2.53 bits per heavy atom. The van der Waals surface area contributed by atoms with Gasteiger partial charge in [-0.1, -0.05) is 13.8 Å². The van der Waals surface area contributed by atoms with Gasteiger partial charge in [-0.05, 0) is 12.1 Å². The molecule has 0 saturated carbocycles. The Bertz CT molecular complexity index is 377. The summed E-state index contributed by atoms with van der Waals surface area (Å²) in [6.07, 6.45) is -3.26. The number of alkyl halides is 3. The number of aliphatic hydroxyl groups excluding tert-OH is 1. The average Bonchev–Trinajstić information content (AvgIpc) is 2.26. The summed E-state index contributed by atoms with van der Waals surface area (Å²) < 4.78 is 37.2. The molecule has 2 N–H and O–H groups in total. The zero-order chi connectivity index (χ0) is 13.1. The molecule has 0 radical (unpaired) electrons. The number of aromatic nitrogens is 1. The van der Waals surface area contributed by atoms with Gasteiger partial charge in [0.2, 0.25) is 0 Å². The predicted molar refractivity (Wildman–Crippen MR) is 58.6 cm³/mol. The fraction of sp³-hybridized carbons (Fsp3) is 0.545. The van der Waals surface area contributed by atoms with Gasteiger partial charge in [-0.25, -0.2) is 4.98 Å². The highest BCUT2D eigenvalue weighted by Gasteiger charge is 2.30. The van der Waals surface area contributed by atoms with Crippen LogP contribution in [0.2, 0.25) is 0 Å². The van der Waals surface area contributed by atoms with E-state index in [1.807, 2.05) is 0 Å². The van der Waals surface area contributed by atoms with Gasteiger partial charge in [0.05, 0.1) is 5.56 Å². The van der Waals surface area contributed by atoms with Gasteiger partial charge in [0, 0.05) is 24.8 Å². The van der Waals surface area contributed by atoms with Crippen LogP contribution >= 0.6 is 0 Å².